The maximum atomic E-state index is 13.2. The monoisotopic (exact) mass is 316 g/mol. The van der Waals surface area contributed by atoms with Crippen molar-refractivity contribution in [3.05, 3.63) is 46.8 Å². The van der Waals surface area contributed by atoms with Gasteiger partial charge in [-0.15, -0.1) is 10.2 Å². The second-order valence-corrected chi connectivity index (χ2v) is 6.47. The second kappa shape index (κ2) is 6.10. The predicted octanol–water partition coefficient (Wildman–Crippen LogP) is 2.58. The molecule has 2 heterocycles. The summed E-state index contributed by atoms with van der Waals surface area (Å²) in [4.78, 5) is 14.4. The lowest BCUT2D eigenvalue weighted by molar-refractivity contribution is 0.0705. The fourth-order valence-corrected chi connectivity index (χ4v) is 2.94. The van der Waals surface area contributed by atoms with Crippen molar-refractivity contribution in [3.63, 3.8) is 0 Å². The summed E-state index contributed by atoms with van der Waals surface area (Å²) in [5.41, 5.74) is 1.20. The maximum Gasteiger partial charge on any atom is 0.254 e. The zero-order chi connectivity index (χ0) is 16.6. The predicted molar refractivity (Wildman–Crippen MR) is 84.4 cm³/mol. The number of hydrogen-bond donors (Lipinski definition) is 0. The third-order valence-electron chi connectivity index (χ3n) is 4.13. The van der Waals surface area contributed by atoms with E-state index in [1.165, 1.54) is 12.1 Å². The SMILES string of the molecule is Cc1cc(F)ccc1C(=O)N1CCn2c(CC(C)C)nnc2C1. The van der Waals surface area contributed by atoms with Crippen molar-refractivity contribution in [2.45, 2.75) is 40.3 Å². The molecule has 0 bridgehead atoms. The lowest BCUT2D eigenvalue weighted by atomic mass is 10.1. The van der Waals surface area contributed by atoms with Crippen LogP contribution < -0.4 is 0 Å². The van der Waals surface area contributed by atoms with Crippen molar-refractivity contribution in [2.24, 2.45) is 5.92 Å². The summed E-state index contributed by atoms with van der Waals surface area (Å²) >= 11 is 0. The summed E-state index contributed by atoms with van der Waals surface area (Å²) in [5, 5.41) is 8.49. The highest BCUT2D eigenvalue weighted by molar-refractivity contribution is 5.95. The molecule has 5 nitrogen and oxygen atoms in total. The Morgan fingerprint density at radius 2 is 2.09 bits per heavy atom. The third-order valence-corrected chi connectivity index (χ3v) is 4.13. The topological polar surface area (TPSA) is 51.0 Å². The van der Waals surface area contributed by atoms with E-state index in [0.717, 1.165) is 18.1 Å². The first kappa shape index (κ1) is 15.6. The van der Waals surface area contributed by atoms with Crippen LogP contribution in [-0.2, 0) is 19.5 Å². The molecule has 0 aliphatic carbocycles. The molecule has 0 N–H and O–H groups in total. The molecular formula is C17H21FN4O. The Bertz CT molecular complexity index is 738. The first-order valence-electron chi connectivity index (χ1n) is 7.92. The lowest BCUT2D eigenvalue weighted by Gasteiger charge is -2.28. The molecule has 0 fully saturated rings. The van der Waals surface area contributed by atoms with Gasteiger partial charge in [0.1, 0.15) is 11.6 Å². The molecule has 1 aliphatic rings. The molecule has 0 saturated heterocycles. The van der Waals surface area contributed by atoms with E-state index >= 15 is 0 Å². The largest absolute Gasteiger partial charge is 0.329 e. The number of carbonyl (C=O) groups excluding carboxylic acids is 1. The van der Waals surface area contributed by atoms with Crippen molar-refractivity contribution in [1.82, 2.24) is 19.7 Å². The number of hydrogen-bond acceptors (Lipinski definition) is 3. The molecule has 0 radical (unpaired) electrons. The van der Waals surface area contributed by atoms with Crippen LogP contribution in [0.4, 0.5) is 4.39 Å². The van der Waals surface area contributed by atoms with Crippen LogP contribution in [0.1, 0.15) is 41.4 Å². The van der Waals surface area contributed by atoms with E-state index in [2.05, 4.69) is 28.6 Å². The van der Waals surface area contributed by atoms with Gasteiger partial charge in [-0.3, -0.25) is 4.79 Å². The normalized spacial score (nSPS) is 14.2. The molecule has 1 aromatic carbocycles. The van der Waals surface area contributed by atoms with Crippen molar-refractivity contribution < 1.29 is 9.18 Å². The van der Waals surface area contributed by atoms with Crippen molar-refractivity contribution in [3.8, 4) is 0 Å². The van der Waals surface area contributed by atoms with E-state index in [1.807, 2.05) is 0 Å². The second-order valence-electron chi connectivity index (χ2n) is 6.47. The highest BCUT2D eigenvalue weighted by atomic mass is 19.1. The maximum absolute atomic E-state index is 13.2. The molecule has 0 spiro atoms. The molecule has 2 aromatic rings. The highest BCUT2D eigenvalue weighted by Gasteiger charge is 2.26. The van der Waals surface area contributed by atoms with E-state index in [1.54, 1.807) is 17.9 Å². The summed E-state index contributed by atoms with van der Waals surface area (Å²) in [7, 11) is 0. The average molecular weight is 316 g/mol. The number of benzene rings is 1. The standard InChI is InChI=1S/C17H21FN4O/c1-11(2)8-15-19-20-16-10-21(6-7-22(15)16)17(23)14-5-4-13(18)9-12(14)3/h4-5,9,11H,6-8,10H2,1-3H3. The minimum absolute atomic E-state index is 0.0813. The van der Waals surface area contributed by atoms with Crippen LogP contribution in [0, 0.1) is 18.7 Å². The highest BCUT2D eigenvalue weighted by Crippen LogP contribution is 2.19. The van der Waals surface area contributed by atoms with Gasteiger partial charge in [0.2, 0.25) is 0 Å². The Morgan fingerprint density at radius 3 is 2.78 bits per heavy atom. The summed E-state index contributed by atoms with van der Waals surface area (Å²) in [6.45, 7) is 7.82. The zero-order valence-corrected chi connectivity index (χ0v) is 13.7. The Hall–Kier alpha value is -2.24. The lowest BCUT2D eigenvalue weighted by Crippen LogP contribution is -2.39. The molecule has 3 rings (SSSR count). The molecule has 0 saturated carbocycles. The molecule has 23 heavy (non-hydrogen) atoms. The number of nitrogens with zero attached hydrogens (tertiary/aromatic N) is 4. The zero-order valence-electron chi connectivity index (χ0n) is 13.7. The van der Waals surface area contributed by atoms with Gasteiger partial charge >= 0.3 is 0 Å². The Balaban J connectivity index is 1.79. The number of amides is 1. The molecule has 0 atom stereocenters. The van der Waals surface area contributed by atoms with E-state index in [4.69, 9.17) is 0 Å². The fraction of sp³-hybridized carbons (Fsp3) is 0.471. The number of halogens is 1. The van der Waals surface area contributed by atoms with E-state index in [0.29, 0.717) is 36.7 Å². The third kappa shape index (κ3) is 3.11. The number of carbonyl (C=O) groups is 1. The first-order valence-corrected chi connectivity index (χ1v) is 7.92. The minimum Gasteiger partial charge on any atom is -0.329 e. The Kier molecular flexibility index (Phi) is 4.15. The van der Waals surface area contributed by atoms with Crippen LogP contribution in [0.25, 0.3) is 0 Å². The summed E-state index contributed by atoms with van der Waals surface area (Å²) < 4.78 is 15.3. The Labute approximate surface area is 135 Å². The molecule has 1 aliphatic heterocycles. The molecule has 122 valence electrons. The van der Waals surface area contributed by atoms with Crippen molar-refractivity contribution in [2.75, 3.05) is 6.54 Å². The van der Waals surface area contributed by atoms with Gasteiger partial charge in [0.05, 0.1) is 6.54 Å². The number of aromatic nitrogens is 3. The van der Waals surface area contributed by atoms with Gasteiger partial charge in [0.25, 0.3) is 5.91 Å². The van der Waals surface area contributed by atoms with Gasteiger partial charge < -0.3 is 9.47 Å². The van der Waals surface area contributed by atoms with E-state index < -0.39 is 0 Å². The van der Waals surface area contributed by atoms with Crippen LogP contribution in [0.5, 0.6) is 0 Å². The van der Waals surface area contributed by atoms with Gasteiger partial charge in [-0.05, 0) is 36.6 Å². The van der Waals surface area contributed by atoms with Crippen LogP contribution in [-0.4, -0.2) is 32.1 Å². The minimum atomic E-state index is -0.323. The molecular weight excluding hydrogens is 295 g/mol. The quantitative estimate of drug-likeness (QED) is 0.874. The summed E-state index contributed by atoms with van der Waals surface area (Å²) in [6.07, 6.45) is 0.887. The molecule has 1 amide bonds. The van der Waals surface area contributed by atoms with Crippen molar-refractivity contribution >= 4 is 5.91 Å². The van der Waals surface area contributed by atoms with Gasteiger partial charge in [0.15, 0.2) is 5.82 Å². The molecule has 1 aromatic heterocycles. The smallest absolute Gasteiger partial charge is 0.254 e. The van der Waals surface area contributed by atoms with Crippen LogP contribution >= 0.6 is 0 Å². The van der Waals surface area contributed by atoms with E-state index in [9.17, 15) is 9.18 Å². The molecule has 6 heteroatoms. The van der Waals surface area contributed by atoms with Crippen LogP contribution in [0.15, 0.2) is 18.2 Å². The van der Waals surface area contributed by atoms with Gasteiger partial charge in [-0.1, -0.05) is 13.8 Å². The van der Waals surface area contributed by atoms with Gasteiger partial charge in [-0.25, -0.2) is 4.39 Å². The number of fused-ring (bicyclic) bond motifs is 1. The Morgan fingerprint density at radius 1 is 1.30 bits per heavy atom. The number of rotatable bonds is 3. The fourth-order valence-electron chi connectivity index (χ4n) is 2.94. The first-order chi connectivity index (χ1) is 11.0. The number of aryl methyl sites for hydroxylation is 1. The van der Waals surface area contributed by atoms with Crippen molar-refractivity contribution in [1.29, 1.82) is 0 Å². The van der Waals surface area contributed by atoms with E-state index in [-0.39, 0.29) is 11.7 Å². The molecule has 0 unspecified atom stereocenters. The van der Waals surface area contributed by atoms with Crippen LogP contribution in [0.2, 0.25) is 0 Å². The van der Waals surface area contributed by atoms with Gasteiger partial charge in [0, 0.05) is 25.1 Å². The summed E-state index contributed by atoms with van der Waals surface area (Å²) in [6, 6.07) is 4.27. The van der Waals surface area contributed by atoms with Crippen LogP contribution in [0.3, 0.4) is 0 Å². The average Bonchev–Trinajstić information content (AvgIpc) is 2.88. The van der Waals surface area contributed by atoms with Gasteiger partial charge in [-0.2, -0.15) is 0 Å². The summed E-state index contributed by atoms with van der Waals surface area (Å²) in [5.74, 6) is 1.92.